The number of benzene rings is 1. The number of rotatable bonds is 4. The van der Waals surface area contributed by atoms with Crippen LogP contribution in [0, 0.1) is 0 Å². The highest BCUT2D eigenvalue weighted by atomic mass is 16.5. The fourth-order valence-corrected chi connectivity index (χ4v) is 2.24. The van der Waals surface area contributed by atoms with Gasteiger partial charge in [0.05, 0.1) is 13.4 Å². The van der Waals surface area contributed by atoms with E-state index in [0.717, 1.165) is 5.56 Å². The molecule has 0 aliphatic carbocycles. The largest absolute Gasteiger partial charge is 0.471 e. The van der Waals surface area contributed by atoms with E-state index in [0.29, 0.717) is 23.7 Å². The third-order valence-electron chi connectivity index (χ3n) is 3.61. The van der Waals surface area contributed by atoms with Gasteiger partial charge in [-0.3, -0.25) is 0 Å². The molecule has 6 nitrogen and oxygen atoms in total. The van der Waals surface area contributed by atoms with Gasteiger partial charge in [-0.15, -0.1) is 0 Å². The van der Waals surface area contributed by atoms with Gasteiger partial charge in [0.2, 0.25) is 5.88 Å². The van der Waals surface area contributed by atoms with Crippen LogP contribution in [0.1, 0.15) is 31.9 Å². The maximum atomic E-state index is 5.83. The zero-order valence-corrected chi connectivity index (χ0v) is 13.8. The first-order valence-corrected chi connectivity index (χ1v) is 7.45. The number of ether oxygens (including phenoxy) is 2. The predicted octanol–water partition coefficient (Wildman–Crippen LogP) is 3.24. The van der Waals surface area contributed by atoms with E-state index in [-0.39, 0.29) is 11.4 Å². The minimum Gasteiger partial charge on any atom is -0.471 e. The smallest absolute Gasteiger partial charge is 0.321 e. The van der Waals surface area contributed by atoms with E-state index in [2.05, 4.69) is 65.0 Å². The van der Waals surface area contributed by atoms with E-state index >= 15 is 0 Å². The molecule has 0 bridgehead atoms. The second-order valence-corrected chi connectivity index (χ2v) is 6.35. The van der Waals surface area contributed by atoms with Crippen LogP contribution in [0.25, 0.3) is 11.2 Å². The summed E-state index contributed by atoms with van der Waals surface area (Å²) >= 11 is 0. The standard InChI is InChI=1S/C17H20N4O2/c1-17(2,3)12-7-5-11(6-8-12)9-23-15-13-14(19-10-18-13)20-16(21-15)22-4/h5-8,10H,9H2,1-4H3,(H,18,19,20,21). The minimum absolute atomic E-state index is 0.140. The van der Waals surface area contributed by atoms with Crippen molar-refractivity contribution in [3.63, 3.8) is 0 Å². The Bertz CT molecular complexity index is 804. The van der Waals surface area contributed by atoms with Crippen molar-refractivity contribution in [1.82, 2.24) is 19.9 Å². The maximum Gasteiger partial charge on any atom is 0.321 e. The van der Waals surface area contributed by atoms with Gasteiger partial charge in [0, 0.05) is 0 Å². The van der Waals surface area contributed by atoms with E-state index in [1.54, 1.807) is 6.33 Å². The summed E-state index contributed by atoms with van der Waals surface area (Å²) in [5.41, 5.74) is 3.69. The molecule has 0 amide bonds. The summed E-state index contributed by atoms with van der Waals surface area (Å²) in [7, 11) is 1.52. The van der Waals surface area contributed by atoms with Crippen LogP contribution < -0.4 is 9.47 Å². The monoisotopic (exact) mass is 312 g/mol. The first-order valence-electron chi connectivity index (χ1n) is 7.45. The number of fused-ring (bicyclic) bond motifs is 1. The van der Waals surface area contributed by atoms with Crippen molar-refractivity contribution < 1.29 is 9.47 Å². The van der Waals surface area contributed by atoms with Gasteiger partial charge in [-0.05, 0) is 16.5 Å². The van der Waals surface area contributed by atoms with Crippen LogP contribution in [0.15, 0.2) is 30.6 Å². The second-order valence-electron chi connectivity index (χ2n) is 6.35. The van der Waals surface area contributed by atoms with Crippen LogP contribution in [0.2, 0.25) is 0 Å². The lowest BCUT2D eigenvalue weighted by Crippen LogP contribution is -2.11. The molecule has 0 radical (unpaired) electrons. The lowest BCUT2D eigenvalue weighted by molar-refractivity contribution is 0.288. The Kier molecular flexibility index (Phi) is 3.90. The summed E-state index contributed by atoms with van der Waals surface area (Å²) in [5, 5.41) is 0. The summed E-state index contributed by atoms with van der Waals surface area (Å²) < 4.78 is 10.9. The molecule has 0 unspecified atom stereocenters. The molecule has 0 aliphatic heterocycles. The average molecular weight is 312 g/mol. The third kappa shape index (κ3) is 3.26. The lowest BCUT2D eigenvalue weighted by Gasteiger charge is -2.19. The molecule has 0 saturated carbocycles. The molecule has 3 aromatic rings. The molecule has 6 heteroatoms. The number of H-pyrrole nitrogens is 1. The summed E-state index contributed by atoms with van der Waals surface area (Å²) in [6, 6.07) is 8.64. The molecular formula is C17H20N4O2. The Morgan fingerprint density at radius 3 is 2.48 bits per heavy atom. The molecule has 23 heavy (non-hydrogen) atoms. The molecule has 0 aliphatic rings. The van der Waals surface area contributed by atoms with Crippen LogP contribution in [0.3, 0.4) is 0 Å². The Hall–Kier alpha value is -2.63. The summed E-state index contributed by atoms with van der Waals surface area (Å²) in [6.07, 6.45) is 1.56. The number of nitrogens with zero attached hydrogens (tertiary/aromatic N) is 3. The molecule has 2 aromatic heterocycles. The highest BCUT2D eigenvalue weighted by Crippen LogP contribution is 2.24. The van der Waals surface area contributed by atoms with Crippen LogP contribution in [0.5, 0.6) is 11.9 Å². The first-order chi connectivity index (χ1) is 11.0. The second kappa shape index (κ2) is 5.87. The zero-order valence-electron chi connectivity index (χ0n) is 13.8. The van der Waals surface area contributed by atoms with E-state index < -0.39 is 0 Å². The van der Waals surface area contributed by atoms with Crippen molar-refractivity contribution in [2.75, 3.05) is 7.11 Å². The minimum atomic E-state index is 0.140. The van der Waals surface area contributed by atoms with Crippen molar-refractivity contribution in [1.29, 1.82) is 0 Å². The average Bonchev–Trinajstić information content (AvgIpc) is 3.00. The SMILES string of the molecule is COc1nc(OCc2ccc(C(C)(C)C)cc2)c2[nH]cnc2n1. The molecule has 3 rings (SSSR count). The van der Waals surface area contributed by atoms with E-state index in [1.807, 2.05) is 0 Å². The van der Waals surface area contributed by atoms with Gasteiger partial charge in [0.25, 0.3) is 0 Å². The predicted molar refractivity (Wildman–Crippen MR) is 87.7 cm³/mol. The molecule has 0 saturated heterocycles. The van der Waals surface area contributed by atoms with Gasteiger partial charge in [-0.2, -0.15) is 9.97 Å². The van der Waals surface area contributed by atoms with E-state index in [4.69, 9.17) is 9.47 Å². The fraction of sp³-hybridized carbons (Fsp3) is 0.353. The van der Waals surface area contributed by atoms with Gasteiger partial charge in [-0.25, -0.2) is 4.98 Å². The van der Waals surface area contributed by atoms with Crippen molar-refractivity contribution in [2.24, 2.45) is 0 Å². The molecule has 1 N–H and O–H groups in total. The van der Waals surface area contributed by atoms with Gasteiger partial charge >= 0.3 is 6.01 Å². The van der Waals surface area contributed by atoms with Crippen LogP contribution in [0.4, 0.5) is 0 Å². The van der Waals surface area contributed by atoms with Crippen molar-refractivity contribution in [3.8, 4) is 11.9 Å². The Morgan fingerprint density at radius 2 is 1.83 bits per heavy atom. The molecule has 120 valence electrons. The quantitative estimate of drug-likeness (QED) is 0.800. The molecular weight excluding hydrogens is 292 g/mol. The zero-order chi connectivity index (χ0) is 16.4. The van der Waals surface area contributed by atoms with E-state index in [1.165, 1.54) is 12.7 Å². The van der Waals surface area contributed by atoms with Gasteiger partial charge < -0.3 is 14.5 Å². The van der Waals surface area contributed by atoms with Crippen LogP contribution in [-0.4, -0.2) is 27.0 Å². The fourth-order valence-electron chi connectivity index (χ4n) is 2.24. The Morgan fingerprint density at radius 1 is 1.09 bits per heavy atom. The molecule has 1 aromatic carbocycles. The van der Waals surface area contributed by atoms with Gasteiger partial charge in [0.1, 0.15) is 12.1 Å². The van der Waals surface area contributed by atoms with Crippen LogP contribution >= 0.6 is 0 Å². The maximum absolute atomic E-state index is 5.83. The number of methoxy groups -OCH3 is 1. The molecule has 0 spiro atoms. The number of imidazole rings is 1. The highest BCUT2D eigenvalue weighted by molar-refractivity contribution is 5.75. The van der Waals surface area contributed by atoms with E-state index in [9.17, 15) is 0 Å². The first kappa shape index (κ1) is 15.3. The number of hydrogen-bond acceptors (Lipinski definition) is 5. The van der Waals surface area contributed by atoms with Crippen molar-refractivity contribution in [3.05, 3.63) is 41.7 Å². The third-order valence-corrected chi connectivity index (χ3v) is 3.61. The molecule has 0 atom stereocenters. The summed E-state index contributed by atoms with van der Waals surface area (Å²) in [5.74, 6) is 0.434. The number of hydrogen-bond donors (Lipinski definition) is 1. The van der Waals surface area contributed by atoms with Gasteiger partial charge in [-0.1, -0.05) is 45.0 Å². The summed E-state index contributed by atoms with van der Waals surface area (Å²) in [4.78, 5) is 15.5. The van der Waals surface area contributed by atoms with Crippen LogP contribution in [-0.2, 0) is 12.0 Å². The Labute approximate surface area is 134 Å². The summed E-state index contributed by atoms with van der Waals surface area (Å²) in [6.45, 7) is 7.00. The van der Waals surface area contributed by atoms with Gasteiger partial charge in [0.15, 0.2) is 5.65 Å². The van der Waals surface area contributed by atoms with Crippen molar-refractivity contribution in [2.45, 2.75) is 32.8 Å². The molecule has 2 heterocycles. The molecule has 0 fully saturated rings. The highest BCUT2D eigenvalue weighted by Gasteiger charge is 2.14. The number of aromatic amines is 1. The number of aromatic nitrogens is 4. The Balaban J connectivity index is 1.79. The topological polar surface area (TPSA) is 72.9 Å². The number of nitrogens with one attached hydrogen (secondary N) is 1. The lowest BCUT2D eigenvalue weighted by atomic mass is 9.87. The normalized spacial score (nSPS) is 11.7. The van der Waals surface area contributed by atoms with Crippen molar-refractivity contribution >= 4 is 11.2 Å².